The van der Waals surface area contributed by atoms with Gasteiger partial charge in [0, 0.05) is 0 Å². The van der Waals surface area contributed by atoms with Gasteiger partial charge in [-0.15, -0.1) is 0 Å². The fourth-order valence-electron chi connectivity index (χ4n) is 6.67. The van der Waals surface area contributed by atoms with Crippen LogP contribution in [0, 0.1) is 0 Å². The van der Waals surface area contributed by atoms with Crippen LogP contribution >= 0.6 is 0 Å². The Labute approximate surface area is 193 Å². The summed E-state index contributed by atoms with van der Waals surface area (Å²) in [6.07, 6.45) is 24.2. The van der Waals surface area contributed by atoms with E-state index in [1.165, 1.54) is 64.2 Å². The fourth-order valence-corrected chi connectivity index (χ4v) is 22.7. The molecule has 0 radical (unpaired) electrons. The molecule has 179 valence electrons. The molecule has 0 spiro atoms. The molecule has 0 bridgehead atoms. The average Bonchev–Trinajstić information content (AvgIpc) is 3.56. The van der Waals surface area contributed by atoms with Crippen LogP contribution in [-0.4, -0.2) is 30.5 Å². The monoisotopic (exact) mass is 605 g/mol. The topological polar surface area (TPSA) is 46.2 Å². The Morgan fingerprint density at radius 1 is 0.290 bits per heavy atom. The number of rotatable bonds is 10. The molecule has 0 aromatic rings. The zero-order valence-electron chi connectivity index (χ0n) is 19.6. The third-order valence-corrected chi connectivity index (χ3v) is 21.2. The molecule has 6 heteroatoms. The van der Waals surface area contributed by atoms with E-state index in [2.05, 4.69) is 0 Å². The molecule has 0 heterocycles. The summed E-state index contributed by atoms with van der Waals surface area (Å²) < 4.78 is 35.8. The normalized spacial score (nSPS) is 29.4. The van der Waals surface area contributed by atoms with Crippen LogP contribution in [0.2, 0.25) is 0 Å². The van der Waals surface area contributed by atoms with Crippen molar-refractivity contribution in [2.75, 3.05) is 0 Å². The summed E-state index contributed by atoms with van der Waals surface area (Å²) in [7, 11) is 0. The second-order valence-corrected chi connectivity index (χ2v) is 21.2. The first-order chi connectivity index (χ1) is 15.2. The minimum absolute atomic E-state index is 0.181. The summed E-state index contributed by atoms with van der Waals surface area (Å²) in [5, 5.41) is 0. The Morgan fingerprint density at radius 3 is 0.613 bits per heavy atom. The van der Waals surface area contributed by atoms with Gasteiger partial charge in [0.05, 0.1) is 0 Å². The first kappa shape index (κ1) is 23.4. The fraction of sp³-hybridized carbons (Fsp3) is 1.00. The van der Waals surface area contributed by atoms with Gasteiger partial charge in [-0.05, 0) is 0 Å². The van der Waals surface area contributed by atoms with Gasteiger partial charge in [-0.3, -0.25) is 0 Å². The molecule has 31 heavy (non-hydrogen) atoms. The van der Waals surface area contributed by atoms with Crippen molar-refractivity contribution in [2.45, 2.75) is 159 Å². The molecular weight excluding hydrogens is 559 g/mol. The van der Waals surface area contributed by atoms with Crippen molar-refractivity contribution >= 4 is 0 Å². The first-order valence-electron chi connectivity index (χ1n) is 13.8. The van der Waals surface area contributed by atoms with Crippen molar-refractivity contribution in [1.29, 1.82) is 0 Å². The molecule has 5 rings (SSSR count). The van der Waals surface area contributed by atoms with Gasteiger partial charge in [0.1, 0.15) is 0 Å². The number of hydrogen-bond acceptors (Lipinski definition) is 5. The molecule has 0 atom stereocenters. The third kappa shape index (κ3) is 5.85. The Kier molecular flexibility index (Phi) is 7.94. The van der Waals surface area contributed by atoms with E-state index < -0.39 is 20.7 Å². The van der Waals surface area contributed by atoms with Gasteiger partial charge in [0.25, 0.3) is 0 Å². The molecular formula is C25H45HfO5. The van der Waals surface area contributed by atoms with Crippen molar-refractivity contribution in [3.05, 3.63) is 0 Å². The summed E-state index contributed by atoms with van der Waals surface area (Å²) in [6.45, 7) is 0. The molecule has 5 fully saturated rings. The first-order valence-corrected chi connectivity index (χ1v) is 21.1. The Balaban J connectivity index is 1.51. The predicted molar refractivity (Wildman–Crippen MR) is 117 cm³/mol. The average molecular weight is 604 g/mol. The van der Waals surface area contributed by atoms with Crippen LogP contribution in [0.25, 0.3) is 0 Å². The van der Waals surface area contributed by atoms with E-state index in [1.807, 2.05) is 0 Å². The van der Waals surface area contributed by atoms with Crippen molar-refractivity contribution in [2.24, 2.45) is 0 Å². The Hall–Kier alpha value is 0.670. The standard InChI is InChI=1S/5C5H9O.Hf/c5*6-5-3-1-2-4-5;/h5*5H,1-4H2;/q5*-1;+5. The predicted octanol–water partition coefficient (Wildman–Crippen LogP) is 7.05. The Bertz CT molecular complexity index is 434. The molecule has 5 aliphatic carbocycles. The summed E-state index contributed by atoms with van der Waals surface area (Å²) in [4.78, 5) is 0. The van der Waals surface area contributed by atoms with Crippen molar-refractivity contribution < 1.29 is 35.0 Å². The SMILES string of the molecule is C1CCC([O][Hf]([O]C2CCCC2)([O]C2CCCC2)([O]C2CCCC2)[O]C2CCCC2)C1. The van der Waals surface area contributed by atoms with Gasteiger partial charge < -0.3 is 0 Å². The summed E-state index contributed by atoms with van der Waals surface area (Å²) >= 11 is -5.55. The molecule has 0 aromatic carbocycles. The molecule has 0 aliphatic heterocycles. The van der Waals surface area contributed by atoms with E-state index in [9.17, 15) is 0 Å². The molecule has 5 saturated carbocycles. The van der Waals surface area contributed by atoms with Crippen LogP contribution in [0.3, 0.4) is 0 Å². The van der Waals surface area contributed by atoms with Gasteiger partial charge in [-0.1, -0.05) is 0 Å². The van der Waals surface area contributed by atoms with E-state index in [4.69, 9.17) is 14.3 Å². The van der Waals surface area contributed by atoms with Gasteiger partial charge >= 0.3 is 194 Å². The van der Waals surface area contributed by atoms with E-state index in [1.54, 1.807) is 0 Å². The van der Waals surface area contributed by atoms with Crippen LogP contribution in [0.15, 0.2) is 0 Å². The molecule has 0 N–H and O–H groups in total. The second-order valence-electron chi connectivity index (χ2n) is 11.0. The third-order valence-electron chi connectivity index (χ3n) is 8.31. The van der Waals surface area contributed by atoms with Crippen molar-refractivity contribution in [3.63, 3.8) is 0 Å². The van der Waals surface area contributed by atoms with Gasteiger partial charge in [-0.2, -0.15) is 0 Å². The van der Waals surface area contributed by atoms with E-state index >= 15 is 0 Å². The molecule has 0 aromatic heterocycles. The van der Waals surface area contributed by atoms with E-state index in [-0.39, 0.29) is 30.5 Å². The van der Waals surface area contributed by atoms with Gasteiger partial charge in [0.2, 0.25) is 0 Å². The van der Waals surface area contributed by atoms with E-state index in [0.29, 0.717) is 0 Å². The summed E-state index contributed by atoms with van der Waals surface area (Å²) in [6, 6.07) is 0. The zero-order chi connectivity index (χ0) is 21.0. The quantitative estimate of drug-likeness (QED) is 0.251. The van der Waals surface area contributed by atoms with Crippen molar-refractivity contribution in [3.8, 4) is 0 Å². The van der Waals surface area contributed by atoms with Crippen LogP contribution in [-0.2, 0) is 35.0 Å². The molecule has 0 saturated heterocycles. The van der Waals surface area contributed by atoms with Crippen LogP contribution < -0.4 is 0 Å². The number of hydrogen-bond donors (Lipinski definition) is 0. The molecule has 5 nitrogen and oxygen atoms in total. The zero-order valence-corrected chi connectivity index (χ0v) is 23.2. The molecule has 5 aliphatic rings. The van der Waals surface area contributed by atoms with Crippen LogP contribution in [0.1, 0.15) is 128 Å². The molecule has 0 amide bonds. The van der Waals surface area contributed by atoms with Gasteiger partial charge in [0.15, 0.2) is 0 Å². The Morgan fingerprint density at radius 2 is 0.452 bits per heavy atom. The molecule has 0 unspecified atom stereocenters. The van der Waals surface area contributed by atoms with Crippen molar-refractivity contribution in [1.82, 2.24) is 0 Å². The second kappa shape index (κ2) is 10.5. The van der Waals surface area contributed by atoms with Gasteiger partial charge in [-0.25, -0.2) is 0 Å². The summed E-state index contributed by atoms with van der Waals surface area (Å²) in [5.41, 5.74) is 0. The van der Waals surface area contributed by atoms with Crippen LogP contribution in [0.5, 0.6) is 0 Å². The van der Waals surface area contributed by atoms with Crippen LogP contribution in [0.4, 0.5) is 0 Å². The maximum absolute atomic E-state index is 7.17. The minimum atomic E-state index is -5.55. The van der Waals surface area contributed by atoms with E-state index in [0.717, 1.165) is 64.2 Å². The maximum atomic E-state index is 7.17. The summed E-state index contributed by atoms with van der Waals surface area (Å²) in [5.74, 6) is 0.